The van der Waals surface area contributed by atoms with E-state index in [0.717, 1.165) is 18.4 Å². The van der Waals surface area contributed by atoms with E-state index in [2.05, 4.69) is 0 Å². The summed E-state index contributed by atoms with van der Waals surface area (Å²) < 4.78 is 3.34. The van der Waals surface area contributed by atoms with Crippen LogP contribution in [0.5, 0.6) is 0 Å². The molecule has 1 saturated carbocycles. The predicted octanol–water partition coefficient (Wildman–Crippen LogP) is 1.72. The minimum absolute atomic E-state index is 0.0209. The molecule has 94 valence electrons. The first-order chi connectivity index (χ1) is 8.75. The summed E-state index contributed by atoms with van der Waals surface area (Å²) in [6.45, 7) is 0.308. The van der Waals surface area contributed by atoms with Crippen LogP contribution in [0, 0.1) is 0 Å². The molecule has 1 atom stereocenters. The molecule has 1 aromatic heterocycles. The van der Waals surface area contributed by atoms with Crippen LogP contribution in [0.2, 0.25) is 0 Å². The lowest BCUT2D eigenvalue weighted by atomic mass is 10.1. The lowest BCUT2D eigenvalue weighted by Gasteiger charge is -2.10. The molecule has 3 rings (SSSR count). The number of rotatable bonds is 4. The number of benzene rings is 1. The number of aromatic nitrogens is 2. The van der Waals surface area contributed by atoms with Gasteiger partial charge in [-0.25, -0.2) is 4.79 Å². The van der Waals surface area contributed by atoms with Crippen molar-refractivity contribution in [3.63, 3.8) is 0 Å². The molecule has 1 heterocycles. The number of imidazole rings is 1. The van der Waals surface area contributed by atoms with E-state index in [1.807, 2.05) is 36.5 Å². The number of hydrogen-bond donors (Lipinski definition) is 1. The van der Waals surface area contributed by atoms with E-state index in [9.17, 15) is 9.90 Å². The van der Waals surface area contributed by atoms with Crippen LogP contribution in [0.15, 0.2) is 47.5 Å². The third kappa shape index (κ3) is 2.11. The fraction of sp³-hybridized carbons (Fsp3) is 0.357. The van der Waals surface area contributed by atoms with E-state index < -0.39 is 6.10 Å². The molecule has 2 aromatic rings. The summed E-state index contributed by atoms with van der Waals surface area (Å²) in [6, 6.07) is 9.80. The quantitative estimate of drug-likeness (QED) is 0.890. The monoisotopic (exact) mass is 244 g/mol. The second-order valence-corrected chi connectivity index (χ2v) is 4.80. The van der Waals surface area contributed by atoms with Gasteiger partial charge in [0.1, 0.15) is 0 Å². The van der Waals surface area contributed by atoms with Crippen molar-refractivity contribution in [3.8, 4) is 0 Å². The van der Waals surface area contributed by atoms with Crippen LogP contribution in [0.4, 0.5) is 0 Å². The maximum Gasteiger partial charge on any atom is 0.328 e. The molecule has 1 N–H and O–H groups in total. The van der Waals surface area contributed by atoms with Gasteiger partial charge in [-0.2, -0.15) is 0 Å². The van der Waals surface area contributed by atoms with Crippen LogP contribution in [-0.2, 0) is 6.54 Å². The molecule has 1 aliphatic rings. The van der Waals surface area contributed by atoms with Crippen LogP contribution >= 0.6 is 0 Å². The fourth-order valence-corrected chi connectivity index (χ4v) is 2.16. The predicted molar refractivity (Wildman–Crippen MR) is 68.4 cm³/mol. The van der Waals surface area contributed by atoms with Crippen molar-refractivity contribution in [2.45, 2.75) is 31.5 Å². The van der Waals surface area contributed by atoms with Crippen LogP contribution in [0.25, 0.3) is 0 Å². The van der Waals surface area contributed by atoms with E-state index in [1.165, 1.54) is 0 Å². The second kappa shape index (κ2) is 4.46. The third-order valence-electron chi connectivity index (χ3n) is 3.37. The Morgan fingerprint density at radius 3 is 2.61 bits per heavy atom. The van der Waals surface area contributed by atoms with Gasteiger partial charge in [0.05, 0.1) is 12.6 Å². The second-order valence-electron chi connectivity index (χ2n) is 4.80. The zero-order valence-corrected chi connectivity index (χ0v) is 10.1. The molecule has 0 amide bonds. The molecule has 1 aliphatic carbocycles. The Balaban J connectivity index is 1.78. The topological polar surface area (TPSA) is 47.2 Å². The lowest BCUT2D eigenvalue weighted by Crippen LogP contribution is -2.25. The van der Waals surface area contributed by atoms with E-state index >= 15 is 0 Å². The first kappa shape index (κ1) is 11.3. The van der Waals surface area contributed by atoms with Crippen LogP contribution in [0.1, 0.15) is 30.6 Å². The van der Waals surface area contributed by atoms with Gasteiger partial charge in [0.25, 0.3) is 0 Å². The van der Waals surface area contributed by atoms with Crippen molar-refractivity contribution in [2.24, 2.45) is 0 Å². The van der Waals surface area contributed by atoms with Crippen molar-refractivity contribution in [2.75, 3.05) is 0 Å². The van der Waals surface area contributed by atoms with Crippen molar-refractivity contribution < 1.29 is 5.11 Å². The van der Waals surface area contributed by atoms with Crippen LogP contribution in [-0.4, -0.2) is 14.2 Å². The van der Waals surface area contributed by atoms with Gasteiger partial charge in [-0.05, 0) is 18.4 Å². The zero-order chi connectivity index (χ0) is 12.5. The number of hydrogen-bond acceptors (Lipinski definition) is 2. The van der Waals surface area contributed by atoms with Gasteiger partial charge in [0.15, 0.2) is 0 Å². The largest absolute Gasteiger partial charge is 0.387 e. The highest BCUT2D eigenvalue weighted by molar-refractivity contribution is 5.17. The Bertz CT molecular complexity index is 581. The molecule has 0 spiro atoms. The highest BCUT2D eigenvalue weighted by Gasteiger charge is 2.25. The molecule has 18 heavy (non-hydrogen) atoms. The van der Waals surface area contributed by atoms with Crippen molar-refractivity contribution in [1.29, 1.82) is 0 Å². The number of aliphatic hydroxyl groups is 1. The SMILES string of the molecule is O=c1n(CC(O)c2ccccc2)ccn1C1CC1. The maximum atomic E-state index is 12.0. The highest BCUT2D eigenvalue weighted by Crippen LogP contribution is 2.33. The summed E-state index contributed by atoms with van der Waals surface area (Å²) in [4.78, 5) is 12.0. The van der Waals surface area contributed by atoms with E-state index in [1.54, 1.807) is 15.3 Å². The van der Waals surface area contributed by atoms with Gasteiger partial charge in [-0.1, -0.05) is 30.3 Å². The Morgan fingerprint density at radius 1 is 1.22 bits per heavy atom. The molecule has 4 nitrogen and oxygen atoms in total. The van der Waals surface area contributed by atoms with Gasteiger partial charge >= 0.3 is 5.69 Å². The molecule has 0 radical (unpaired) electrons. The average molecular weight is 244 g/mol. The van der Waals surface area contributed by atoms with Crippen molar-refractivity contribution in [1.82, 2.24) is 9.13 Å². The van der Waals surface area contributed by atoms with Gasteiger partial charge in [0.2, 0.25) is 0 Å². The minimum Gasteiger partial charge on any atom is -0.387 e. The Morgan fingerprint density at radius 2 is 1.94 bits per heavy atom. The molecule has 1 unspecified atom stereocenters. The van der Waals surface area contributed by atoms with Crippen LogP contribution in [0.3, 0.4) is 0 Å². The molecule has 1 fully saturated rings. The third-order valence-corrected chi connectivity index (χ3v) is 3.37. The summed E-state index contributed by atoms with van der Waals surface area (Å²) in [7, 11) is 0. The van der Waals surface area contributed by atoms with Gasteiger partial charge in [-0.3, -0.25) is 9.13 Å². The average Bonchev–Trinajstić information content (AvgIpc) is 3.17. The van der Waals surface area contributed by atoms with E-state index in [0.29, 0.717) is 12.6 Å². The summed E-state index contributed by atoms with van der Waals surface area (Å²) in [5.41, 5.74) is 0.816. The van der Waals surface area contributed by atoms with Crippen molar-refractivity contribution in [3.05, 3.63) is 58.8 Å². The number of aliphatic hydroxyl groups excluding tert-OH is 1. The molecule has 0 aliphatic heterocycles. The first-order valence-electron chi connectivity index (χ1n) is 6.26. The standard InChI is InChI=1S/C14H16N2O2/c17-13(11-4-2-1-3-5-11)10-15-8-9-16(14(15)18)12-6-7-12/h1-5,8-9,12-13,17H,6-7,10H2. The smallest absolute Gasteiger partial charge is 0.328 e. The lowest BCUT2D eigenvalue weighted by molar-refractivity contribution is 0.155. The normalized spacial score (nSPS) is 16.7. The maximum absolute atomic E-state index is 12.0. The van der Waals surface area contributed by atoms with Crippen molar-refractivity contribution >= 4 is 0 Å². The van der Waals surface area contributed by atoms with E-state index in [4.69, 9.17) is 0 Å². The fourth-order valence-electron chi connectivity index (χ4n) is 2.16. The van der Waals surface area contributed by atoms with Gasteiger partial charge in [0, 0.05) is 18.4 Å². The van der Waals surface area contributed by atoms with Crippen LogP contribution < -0.4 is 5.69 Å². The molecular weight excluding hydrogens is 228 g/mol. The summed E-state index contributed by atoms with van der Waals surface area (Å²) in [5.74, 6) is 0. The summed E-state index contributed by atoms with van der Waals surface area (Å²) in [5, 5.41) is 10.1. The molecule has 0 bridgehead atoms. The van der Waals surface area contributed by atoms with Gasteiger partial charge in [-0.15, -0.1) is 0 Å². The molecule has 0 saturated heterocycles. The summed E-state index contributed by atoms with van der Waals surface area (Å²) >= 11 is 0. The van der Waals surface area contributed by atoms with Gasteiger partial charge < -0.3 is 5.11 Å². The minimum atomic E-state index is -0.640. The molecule has 4 heteroatoms. The molecular formula is C14H16N2O2. The Labute approximate surface area is 105 Å². The Hall–Kier alpha value is -1.81. The Kier molecular flexibility index (Phi) is 2.80. The first-order valence-corrected chi connectivity index (χ1v) is 6.26. The zero-order valence-electron chi connectivity index (χ0n) is 10.1. The summed E-state index contributed by atoms with van der Waals surface area (Å²) in [6.07, 6.45) is 5.11. The van der Waals surface area contributed by atoms with E-state index in [-0.39, 0.29) is 5.69 Å². The highest BCUT2D eigenvalue weighted by atomic mass is 16.3. The molecule has 1 aromatic carbocycles. The number of nitrogens with zero attached hydrogens (tertiary/aromatic N) is 2.